The van der Waals surface area contributed by atoms with E-state index in [1.807, 2.05) is 39.0 Å². The molecule has 3 aromatic rings. The lowest BCUT2D eigenvalue weighted by Crippen LogP contribution is -2.30. The highest BCUT2D eigenvalue weighted by Gasteiger charge is 2.28. The first kappa shape index (κ1) is 22.3. The molecule has 9 heteroatoms. The summed E-state index contributed by atoms with van der Waals surface area (Å²) in [6.45, 7) is 6.48. The smallest absolute Gasteiger partial charge is 0.325 e. The number of rotatable bonds is 6. The summed E-state index contributed by atoms with van der Waals surface area (Å²) in [7, 11) is -3.64. The third-order valence-electron chi connectivity index (χ3n) is 5.76. The van der Waals surface area contributed by atoms with Crippen LogP contribution < -0.4 is 11.0 Å². The zero-order chi connectivity index (χ0) is 23.0. The molecule has 8 nitrogen and oxygen atoms in total. The minimum atomic E-state index is -3.64. The molecule has 1 N–H and O–H groups in total. The summed E-state index contributed by atoms with van der Waals surface area (Å²) in [6, 6.07) is 12.0. The lowest BCUT2D eigenvalue weighted by atomic mass is 10.2. The Morgan fingerprint density at radius 2 is 1.78 bits per heavy atom. The van der Waals surface area contributed by atoms with Crippen molar-refractivity contribution >= 4 is 32.7 Å². The van der Waals surface area contributed by atoms with Crippen LogP contribution in [0.1, 0.15) is 38.3 Å². The van der Waals surface area contributed by atoms with Crippen LogP contribution in [0.15, 0.2) is 52.2 Å². The molecule has 1 aliphatic heterocycles. The monoisotopic (exact) mass is 456 g/mol. The van der Waals surface area contributed by atoms with E-state index in [1.165, 1.54) is 14.9 Å². The SMILES string of the molecule is Cc1cccc(NC(=O)Cn2c(=O)n(C(C)C)c3ccc(S(=O)(=O)N4CCCC4)cc32)c1. The summed E-state index contributed by atoms with van der Waals surface area (Å²) in [5.74, 6) is -0.353. The Labute approximate surface area is 187 Å². The minimum absolute atomic E-state index is 0.139. The Morgan fingerprint density at radius 1 is 1.06 bits per heavy atom. The molecule has 1 saturated heterocycles. The molecular formula is C23H28N4O4S. The summed E-state index contributed by atoms with van der Waals surface area (Å²) < 4.78 is 30.5. The maximum Gasteiger partial charge on any atom is 0.329 e. The highest BCUT2D eigenvalue weighted by atomic mass is 32.2. The fourth-order valence-electron chi connectivity index (χ4n) is 4.22. The molecule has 0 unspecified atom stereocenters. The Bertz CT molecular complexity index is 1330. The molecule has 0 aliphatic carbocycles. The number of aromatic nitrogens is 2. The fourth-order valence-corrected chi connectivity index (χ4v) is 5.75. The molecule has 2 aromatic carbocycles. The Kier molecular flexibility index (Phi) is 5.96. The fraction of sp³-hybridized carbons (Fsp3) is 0.391. The third-order valence-corrected chi connectivity index (χ3v) is 7.65. The van der Waals surface area contributed by atoms with E-state index in [1.54, 1.807) is 22.8 Å². The Balaban J connectivity index is 1.75. The van der Waals surface area contributed by atoms with Crippen molar-refractivity contribution in [1.82, 2.24) is 13.4 Å². The molecule has 4 rings (SSSR count). The van der Waals surface area contributed by atoms with Crippen LogP contribution in [-0.4, -0.2) is 40.9 Å². The van der Waals surface area contributed by atoms with E-state index in [4.69, 9.17) is 0 Å². The van der Waals surface area contributed by atoms with Crippen LogP contribution in [0.4, 0.5) is 5.69 Å². The van der Waals surface area contributed by atoms with Gasteiger partial charge in [-0.3, -0.25) is 13.9 Å². The average Bonchev–Trinajstić information content (AvgIpc) is 3.35. The number of fused-ring (bicyclic) bond motifs is 1. The molecule has 1 amide bonds. The van der Waals surface area contributed by atoms with E-state index < -0.39 is 10.0 Å². The largest absolute Gasteiger partial charge is 0.329 e. The average molecular weight is 457 g/mol. The van der Waals surface area contributed by atoms with Gasteiger partial charge in [0, 0.05) is 24.8 Å². The predicted molar refractivity (Wildman–Crippen MR) is 124 cm³/mol. The van der Waals surface area contributed by atoms with Crippen molar-refractivity contribution in [2.45, 2.75) is 51.1 Å². The molecule has 1 aromatic heterocycles. The van der Waals surface area contributed by atoms with Gasteiger partial charge in [-0.2, -0.15) is 4.31 Å². The van der Waals surface area contributed by atoms with Crippen molar-refractivity contribution in [3.63, 3.8) is 0 Å². The lowest BCUT2D eigenvalue weighted by molar-refractivity contribution is -0.116. The number of carbonyl (C=O) groups excluding carboxylic acids is 1. The topological polar surface area (TPSA) is 93.4 Å². The number of aryl methyl sites for hydroxylation is 1. The zero-order valence-corrected chi connectivity index (χ0v) is 19.4. The van der Waals surface area contributed by atoms with Crippen molar-refractivity contribution in [2.24, 2.45) is 0 Å². The van der Waals surface area contributed by atoms with E-state index in [0.29, 0.717) is 29.8 Å². The van der Waals surface area contributed by atoms with Gasteiger partial charge in [-0.05, 0) is 69.5 Å². The summed E-state index contributed by atoms with van der Waals surface area (Å²) in [6.07, 6.45) is 1.68. The van der Waals surface area contributed by atoms with Gasteiger partial charge < -0.3 is 5.32 Å². The van der Waals surface area contributed by atoms with Crippen LogP contribution in [0.25, 0.3) is 11.0 Å². The number of amides is 1. The molecule has 0 bridgehead atoms. The Morgan fingerprint density at radius 3 is 2.44 bits per heavy atom. The van der Waals surface area contributed by atoms with Crippen molar-refractivity contribution in [3.05, 3.63) is 58.5 Å². The Hall–Kier alpha value is -2.91. The molecule has 0 spiro atoms. The molecule has 170 valence electrons. The maximum absolute atomic E-state index is 13.2. The lowest BCUT2D eigenvalue weighted by Gasteiger charge is -2.16. The minimum Gasteiger partial charge on any atom is -0.325 e. The first-order valence-electron chi connectivity index (χ1n) is 10.8. The van der Waals surface area contributed by atoms with E-state index in [9.17, 15) is 18.0 Å². The normalized spacial score (nSPS) is 15.0. The number of hydrogen-bond donors (Lipinski definition) is 1. The van der Waals surface area contributed by atoms with Gasteiger partial charge in [0.25, 0.3) is 0 Å². The van der Waals surface area contributed by atoms with Gasteiger partial charge in [-0.1, -0.05) is 12.1 Å². The molecule has 0 atom stereocenters. The predicted octanol–water partition coefficient (Wildman–Crippen LogP) is 3.12. The number of anilines is 1. The van der Waals surface area contributed by atoms with Crippen LogP contribution in [0.3, 0.4) is 0 Å². The standard InChI is InChI=1S/C23H28N4O4S/c1-16(2)27-20-10-9-19(32(30,31)25-11-4-5-12-25)14-21(20)26(23(27)29)15-22(28)24-18-8-6-7-17(3)13-18/h6-10,13-14,16H,4-5,11-12,15H2,1-3H3,(H,24,28). The zero-order valence-electron chi connectivity index (χ0n) is 18.5. The van der Waals surface area contributed by atoms with E-state index >= 15 is 0 Å². The van der Waals surface area contributed by atoms with Crippen LogP contribution in [-0.2, 0) is 21.4 Å². The molecule has 32 heavy (non-hydrogen) atoms. The number of imidazole rings is 1. The second-order valence-electron chi connectivity index (χ2n) is 8.51. The van der Waals surface area contributed by atoms with Gasteiger partial charge in [-0.25, -0.2) is 13.2 Å². The second-order valence-corrected chi connectivity index (χ2v) is 10.4. The van der Waals surface area contributed by atoms with Crippen molar-refractivity contribution in [2.75, 3.05) is 18.4 Å². The quantitative estimate of drug-likeness (QED) is 0.617. The highest BCUT2D eigenvalue weighted by molar-refractivity contribution is 7.89. The number of hydrogen-bond acceptors (Lipinski definition) is 4. The van der Waals surface area contributed by atoms with Crippen LogP contribution in [0.5, 0.6) is 0 Å². The number of nitrogens with one attached hydrogen (secondary N) is 1. The van der Waals surface area contributed by atoms with Gasteiger partial charge in [0.05, 0.1) is 15.9 Å². The van der Waals surface area contributed by atoms with Crippen LogP contribution in [0, 0.1) is 6.92 Å². The van der Waals surface area contributed by atoms with Gasteiger partial charge in [0.1, 0.15) is 6.54 Å². The van der Waals surface area contributed by atoms with E-state index in [2.05, 4.69) is 5.32 Å². The van der Waals surface area contributed by atoms with Gasteiger partial charge in [0.2, 0.25) is 15.9 Å². The molecule has 0 saturated carbocycles. The summed E-state index contributed by atoms with van der Waals surface area (Å²) in [5, 5.41) is 2.82. The van der Waals surface area contributed by atoms with Crippen LogP contribution in [0.2, 0.25) is 0 Å². The number of carbonyl (C=O) groups is 1. The molecule has 1 fully saturated rings. The molecule has 0 radical (unpaired) electrons. The summed E-state index contributed by atoms with van der Waals surface area (Å²) in [5.41, 5.74) is 2.35. The van der Waals surface area contributed by atoms with E-state index in [-0.39, 0.29) is 29.1 Å². The van der Waals surface area contributed by atoms with Crippen molar-refractivity contribution < 1.29 is 13.2 Å². The molecule has 2 heterocycles. The van der Waals surface area contributed by atoms with Crippen molar-refractivity contribution in [1.29, 1.82) is 0 Å². The van der Waals surface area contributed by atoms with Gasteiger partial charge >= 0.3 is 5.69 Å². The number of nitrogens with zero attached hydrogens (tertiary/aromatic N) is 3. The first-order chi connectivity index (χ1) is 15.2. The number of sulfonamides is 1. The maximum atomic E-state index is 13.2. The van der Waals surface area contributed by atoms with Gasteiger partial charge in [0.15, 0.2) is 0 Å². The summed E-state index contributed by atoms with van der Waals surface area (Å²) in [4.78, 5) is 26.1. The highest BCUT2D eigenvalue weighted by Crippen LogP contribution is 2.25. The molecule has 1 aliphatic rings. The first-order valence-corrected chi connectivity index (χ1v) is 12.2. The van der Waals surface area contributed by atoms with E-state index in [0.717, 1.165) is 18.4 Å². The van der Waals surface area contributed by atoms with Crippen LogP contribution >= 0.6 is 0 Å². The number of benzene rings is 2. The van der Waals surface area contributed by atoms with Crippen molar-refractivity contribution in [3.8, 4) is 0 Å². The summed E-state index contributed by atoms with van der Waals surface area (Å²) >= 11 is 0. The van der Waals surface area contributed by atoms with Gasteiger partial charge in [-0.15, -0.1) is 0 Å². The molecular weight excluding hydrogens is 428 g/mol. The third kappa shape index (κ3) is 4.10. The second kappa shape index (κ2) is 8.55.